The van der Waals surface area contributed by atoms with E-state index in [0.29, 0.717) is 22.1 Å². The predicted molar refractivity (Wildman–Crippen MR) is 72.0 cm³/mol. The van der Waals surface area contributed by atoms with Gasteiger partial charge in [0.05, 0.1) is 0 Å². The van der Waals surface area contributed by atoms with Crippen LogP contribution in [0.4, 0.5) is 4.39 Å². The van der Waals surface area contributed by atoms with Crippen LogP contribution in [0, 0.1) is 5.82 Å². The number of halogens is 2. The van der Waals surface area contributed by atoms with Gasteiger partial charge in [-0.15, -0.1) is 0 Å². The molecule has 0 bridgehead atoms. The zero-order valence-electron chi connectivity index (χ0n) is 9.90. The third-order valence-electron chi connectivity index (χ3n) is 2.71. The van der Waals surface area contributed by atoms with Crippen LogP contribution in [0.25, 0.3) is 11.0 Å². The quantitative estimate of drug-likeness (QED) is 0.685. The Kier molecular flexibility index (Phi) is 3.13. The molecule has 0 atom stereocenters. The Labute approximate surface area is 114 Å². The fourth-order valence-electron chi connectivity index (χ4n) is 1.85. The predicted octanol–water partition coefficient (Wildman–Crippen LogP) is 4.80. The van der Waals surface area contributed by atoms with Crippen molar-refractivity contribution in [2.75, 3.05) is 0 Å². The van der Waals surface area contributed by atoms with Crippen molar-refractivity contribution in [3.05, 3.63) is 65.1 Å². The molecule has 0 amide bonds. The summed E-state index contributed by atoms with van der Waals surface area (Å²) >= 11 is 5.86. The fraction of sp³-hybridized carbons (Fsp3) is 0.0667. The van der Waals surface area contributed by atoms with E-state index in [1.54, 1.807) is 24.3 Å². The molecule has 0 aliphatic carbocycles. The van der Waals surface area contributed by atoms with E-state index in [4.69, 9.17) is 20.8 Å². The van der Waals surface area contributed by atoms with Crippen LogP contribution in [-0.4, -0.2) is 0 Å². The van der Waals surface area contributed by atoms with E-state index in [9.17, 15) is 4.39 Å². The molecule has 0 N–H and O–H groups in total. The Morgan fingerprint density at radius 2 is 2.00 bits per heavy atom. The molecule has 1 heterocycles. The standard InChI is InChI=1S/C15H10ClFO2/c16-11-2-1-3-13(8-11)18-9-14-7-10-6-12(17)4-5-15(10)19-14/h1-8H,9H2. The first-order valence-electron chi connectivity index (χ1n) is 5.77. The normalized spacial score (nSPS) is 10.8. The molecule has 96 valence electrons. The summed E-state index contributed by atoms with van der Waals surface area (Å²) < 4.78 is 24.2. The van der Waals surface area contributed by atoms with Gasteiger partial charge in [-0.2, -0.15) is 0 Å². The summed E-state index contributed by atoms with van der Waals surface area (Å²) in [6, 6.07) is 13.3. The minimum atomic E-state index is -0.282. The lowest BCUT2D eigenvalue weighted by molar-refractivity contribution is 0.274. The summed E-state index contributed by atoms with van der Waals surface area (Å²) in [6.45, 7) is 0.274. The molecule has 0 spiro atoms. The average molecular weight is 277 g/mol. The van der Waals surface area contributed by atoms with Gasteiger partial charge in [0.2, 0.25) is 0 Å². The van der Waals surface area contributed by atoms with Gasteiger partial charge in [-0.25, -0.2) is 4.39 Å². The summed E-state index contributed by atoms with van der Waals surface area (Å²) in [6.07, 6.45) is 0. The number of fused-ring (bicyclic) bond motifs is 1. The van der Waals surface area contributed by atoms with E-state index in [-0.39, 0.29) is 12.4 Å². The highest BCUT2D eigenvalue weighted by Gasteiger charge is 2.05. The SMILES string of the molecule is Fc1ccc2oc(COc3cccc(Cl)c3)cc2c1. The number of ether oxygens (including phenoxy) is 1. The Bertz CT molecular complexity index is 721. The van der Waals surface area contributed by atoms with Crippen molar-refractivity contribution < 1.29 is 13.5 Å². The summed E-state index contributed by atoms with van der Waals surface area (Å²) in [4.78, 5) is 0. The van der Waals surface area contributed by atoms with E-state index >= 15 is 0 Å². The van der Waals surface area contributed by atoms with Crippen molar-refractivity contribution >= 4 is 22.6 Å². The van der Waals surface area contributed by atoms with Gasteiger partial charge in [-0.1, -0.05) is 17.7 Å². The van der Waals surface area contributed by atoms with Crippen LogP contribution < -0.4 is 4.74 Å². The van der Waals surface area contributed by atoms with Crippen molar-refractivity contribution in [2.24, 2.45) is 0 Å². The lowest BCUT2D eigenvalue weighted by Gasteiger charge is -2.03. The van der Waals surface area contributed by atoms with E-state index < -0.39 is 0 Å². The summed E-state index contributed by atoms with van der Waals surface area (Å²) in [5.41, 5.74) is 0.645. The third kappa shape index (κ3) is 2.71. The van der Waals surface area contributed by atoms with Gasteiger partial charge >= 0.3 is 0 Å². The van der Waals surface area contributed by atoms with Crippen molar-refractivity contribution in [2.45, 2.75) is 6.61 Å². The van der Waals surface area contributed by atoms with Gasteiger partial charge in [-0.3, -0.25) is 0 Å². The van der Waals surface area contributed by atoms with E-state index in [1.165, 1.54) is 12.1 Å². The first-order chi connectivity index (χ1) is 9.20. The number of hydrogen-bond donors (Lipinski definition) is 0. The van der Waals surface area contributed by atoms with E-state index in [2.05, 4.69) is 0 Å². The monoisotopic (exact) mass is 276 g/mol. The molecule has 19 heavy (non-hydrogen) atoms. The Morgan fingerprint density at radius 1 is 1.11 bits per heavy atom. The van der Waals surface area contributed by atoms with Crippen LogP contribution in [0.3, 0.4) is 0 Å². The Balaban J connectivity index is 1.78. The smallest absolute Gasteiger partial charge is 0.146 e. The fourth-order valence-corrected chi connectivity index (χ4v) is 2.03. The minimum Gasteiger partial charge on any atom is -0.486 e. The first kappa shape index (κ1) is 12.1. The molecule has 0 aliphatic heterocycles. The Morgan fingerprint density at radius 3 is 2.84 bits per heavy atom. The first-order valence-corrected chi connectivity index (χ1v) is 6.15. The molecule has 1 aromatic heterocycles. The van der Waals surface area contributed by atoms with Crippen LogP contribution in [0.5, 0.6) is 5.75 Å². The molecule has 0 fully saturated rings. The summed E-state index contributed by atoms with van der Waals surface area (Å²) in [5.74, 6) is 1.02. The number of furan rings is 1. The third-order valence-corrected chi connectivity index (χ3v) is 2.94. The van der Waals surface area contributed by atoms with Crippen LogP contribution in [0.2, 0.25) is 5.02 Å². The molecular weight excluding hydrogens is 267 g/mol. The number of hydrogen-bond acceptors (Lipinski definition) is 2. The van der Waals surface area contributed by atoms with Crippen molar-refractivity contribution in [3.63, 3.8) is 0 Å². The molecule has 3 aromatic rings. The zero-order chi connectivity index (χ0) is 13.2. The molecule has 0 unspecified atom stereocenters. The van der Waals surface area contributed by atoms with E-state index in [0.717, 1.165) is 5.39 Å². The van der Waals surface area contributed by atoms with Crippen molar-refractivity contribution in [1.82, 2.24) is 0 Å². The second-order valence-corrected chi connectivity index (χ2v) is 4.58. The molecule has 0 radical (unpaired) electrons. The van der Waals surface area contributed by atoms with Crippen LogP contribution in [0.15, 0.2) is 52.9 Å². The molecule has 0 saturated heterocycles. The molecule has 4 heteroatoms. The maximum Gasteiger partial charge on any atom is 0.146 e. The maximum absolute atomic E-state index is 13.1. The van der Waals surface area contributed by atoms with Gasteiger partial charge in [0.1, 0.15) is 29.5 Å². The molecule has 0 aliphatic rings. The summed E-state index contributed by atoms with van der Waals surface area (Å²) in [5, 5.41) is 1.34. The number of benzene rings is 2. The highest BCUT2D eigenvalue weighted by atomic mass is 35.5. The number of rotatable bonds is 3. The van der Waals surface area contributed by atoms with Gasteiger partial charge < -0.3 is 9.15 Å². The van der Waals surface area contributed by atoms with Crippen LogP contribution >= 0.6 is 11.6 Å². The summed E-state index contributed by atoms with van der Waals surface area (Å²) in [7, 11) is 0. The highest BCUT2D eigenvalue weighted by molar-refractivity contribution is 6.30. The van der Waals surface area contributed by atoms with Crippen molar-refractivity contribution in [1.29, 1.82) is 0 Å². The zero-order valence-corrected chi connectivity index (χ0v) is 10.7. The van der Waals surface area contributed by atoms with Gasteiger partial charge in [0, 0.05) is 10.4 Å². The molecule has 0 saturated carbocycles. The molecule has 2 nitrogen and oxygen atoms in total. The van der Waals surface area contributed by atoms with Crippen LogP contribution in [0.1, 0.15) is 5.76 Å². The molecule has 3 rings (SSSR count). The minimum absolute atomic E-state index is 0.274. The average Bonchev–Trinajstić information content (AvgIpc) is 2.78. The molecule has 2 aromatic carbocycles. The maximum atomic E-state index is 13.1. The molecular formula is C15H10ClFO2. The van der Waals surface area contributed by atoms with Crippen molar-refractivity contribution in [3.8, 4) is 5.75 Å². The van der Waals surface area contributed by atoms with Crippen LogP contribution in [-0.2, 0) is 6.61 Å². The van der Waals surface area contributed by atoms with Gasteiger partial charge in [-0.05, 0) is 42.5 Å². The highest BCUT2D eigenvalue weighted by Crippen LogP contribution is 2.23. The Hall–Kier alpha value is -2.00. The van der Waals surface area contributed by atoms with Gasteiger partial charge in [0.15, 0.2) is 0 Å². The second kappa shape index (κ2) is 4.94. The van der Waals surface area contributed by atoms with Gasteiger partial charge in [0.25, 0.3) is 0 Å². The lowest BCUT2D eigenvalue weighted by Crippen LogP contribution is -1.93. The second-order valence-electron chi connectivity index (χ2n) is 4.14. The lowest BCUT2D eigenvalue weighted by atomic mass is 10.2. The topological polar surface area (TPSA) is 22.4 Å². The van der Waals surface area contributed by atoms with E-state index in [1.807, 2.05) is 12.1 Å². The largest absolute Gasteiger partial charge is 0.486 e.